The van der Waals surface area contributed by atoms with E-state index in [2.05, 4.69) is 32.3 Å². The third-order valence-corrected chi connectivity index (χ3v) is 1.46. The Morgan fingerprint density at radius 1 is 1.36 bits per heavy atom. The Kier molecular flexibility index (Phi) is 4.51. The molecule has 0 bridgehead atoms. The minimum atomic E-state index is 0.859. The van der Waals surface area contributed by atoms with Crippen LogP contribution in [0.5, 0.6) is 0 Å². The molecule has 0 radical (unpaired) electrons. The van der Waals surface area contributed by atoms with Gasteiger partial charge in [0.1, 0.15) is 0 Å². The normalized spacial score (nSPS) is 10.2. The predicted molar refractivity (Wildman–Crippen MR) is 52.0 cm³/mol. The van der Waals surface area contributed by atoms with Crippen molar-refractivity contribution in [2.24, 2.45) is 4.99 Å². The first-order chi connectivity index (χ1) is 5.07. The van der Waals surface area contributed by atoms with Crippen LogP contribution in [0, 0.1) is 0 Å². The van der Waals surface area contributed by atoms with Crippen molar-refractivity contribution in [2.75, 3.05) is 0 Å². The Balaban J connectivity index is 4.33. The summed E-state index contributed by atoms with van der Waals surface area (Å²) < 4.78 is 0. The number of aliphatic imine (C=N–C) groups is 1. The molecule has 0 amide bonds. The van der Waals surface area contributed by atoms with Crippen molar-refractivity contribution < 1.29 is 0 Å². The van der Waals surface area contributed by atoms with Crippen LogP contribution in [0.1, 0.15) is 34.1 Å². The molecule has 0 aromatic carbocycles. The van der Waals surface area contributed by atoms with Gasteiger partial charge in [-0.05, 0) is 32.8 Å². The Morgan fingerprint density at radius 2 is 1.91 bits per heavy atom. The number of hydrogen-bond donors (Lipinski definition) is 0. The van der Waals surface area contributed by atoms with E-state index in [9.17, 15) is 0 Å². The van der Waals surface area contributed by atoms with Crippen molar-refractivity contribution in [3.05, 3.63) is 23.4 Å². The molecule has 0 aromatic heterocycles. The van der Waals surface area contributed by atoms with Gasteiger partial charge in [-0.3, -0.25) is 4.99 Å². The fraction of sp³-hybridized carbons (Fsp3) is 0.500. The Morgan fingerprint density at radius 3 is 2.18 bits per heavy atom. The van der Waals surface area contributed by atoms with Gasteiger partial charge in [0.25, 0.3) is 0 Å². The van der Waals surface area contributed by atoms with Crippen molar-refractivity contribution in [3.8, 4) is 0 Å². The minimum Gasteiger partial charge on any atom is -0.262 e. The maximum atomic E-state index is 4.14. The van der Waals surface area contributed by atoms with E-state index in [4.69, 9.17) is 0 Å². The van der Waals surface area contributed by atoms with Crippen molar-refractivity contribution in [2.45, 2.75) is 34.1 Å². The summed E-state index contributed by atoms with van der Waals surface area (Å²) in [5.41, 5.74) is 3.49. The van der Waals surface area contributed by atoms with E-state index in [1.54, 1.807) is 0 Å². The topological polar surface area (TPSA) is 12.4 Å². The van der Waals surface area contributed by atoms with Gasteiger partial charge < -0.3 is 0 Å². The van der Waals surface area contributed by atoms with Gasteiger partial charge in [-0.2, -0.15) is 0 Å². The number of allylic oxidation sites excluding steroid dienone is 3. The molecule has 0 aliphatic carbocycles. The average molecular weight is 151 g/mol. The summed E-state index contributed by atoms with van der Waals surface area (Å²) in [5, 5.41) is 0. The molecule has 0 spiro atoms. The first-order valence-electron chi connectivity index (χ1n) is 3.93. The van der Waals surface area contributed by atoms with E-state index < -0.39 is 0 Å². The second-order valence-corrected chi connectivity index (χ2v) is 2.87. The van der Waals surface area contributed by atoms with Crippen LogP contribution in [0.3, 0.4) is 0 Å². The summed E-state index contributed by atoms with van der Waals surface area (Å²) in [6.07, 6.45) is 2.94. The van der Waals surface area contributed by atoms with E-state index in [1.165, 1.54) is 11.1 Å². The lowest BCUT2D eigenvalue weighted by Crippen LogP contribution is -1.85. The standard InChI is InChI=1S/C10H17N/c1-6-10(8(2)3)7-11-9(4)5/h7H,4,6H2,1-3,5H3. The smallest absolute Gasteiger partial charge is 0.0302 e. The number of rotatable bonds is 3. The lowest BCUT2D eigenvalue weighted by molar-refractivity contribution is 1.13. The highest BCUT2D eigenvalue weighted by atomic mass is 14.7. The van der Waals surface area contributed by atoms with Gasteiger partial charge in [0.2, 0.25) is 0 Å². The molecule has 0 heterocycles. The zero-order valence-electron chi connectivity index (χ0n) is 7.94. The van der Waals surface area contributed by atoms with Crippen LogP contribution in [0.25, 0.3) is 0 Å². The molecule has 0 saturated heterocycles. The zero-order valence-corrected chi connectivity index (χ0v) is 7.94. The molecule has 0 N–H and O–H groups in total. The SMILES string of the molecule is C=C(C)N=CC(CC)=C(C)C. The molecule has 0 aliphatic rings. The van der Waals surface area contributed by atoms with Crippen LogP contribution in [-0.2, 0) is 0 Å². The molecule has 1 heteroatoms. The molecule has 0 atom stereocenters. The molecule has 0 saturated carbocycles. The van der Waals surface area contributed by atoms with Crippen molar-refractivity contribution in [1.29, 1.82) is 0 Å². The molecule has 0 aromatic rings. The van der Waals surface area contributed by atoms with Gasteiger partial charge in [0.15, 0.2) is 0 Å². The van der Waals surface area contributed by atoms with Crippen LogP contribution in [0.2, 0.25) is 0 Å². The summed E-state index contributed by atoms with van der Waals surface area (Å²) in [6, 6.07) is 0. The number of hydrogen-bond acceptors (Lipinski definition) is 1. The summed E-state index contributed by atoms with van der Waals surface area (Å²) in [7, 11) is 0. The third-order valence-electron chi connectivity index (χ3n) is 1.46. The second kappa shape index (κ2) is 4.89. The van der Waals surface area contributed by atoms with Gasteiger partial charge in [0.05, 0.1) is 0 Å². The van der Waals surface area contributed by atoms with Gasteiger partial charge in [-0.15, -0.1) is 0 Å². The molecule has 0 fully saturated rings. The quantitative estimate of drug-likeness (QED) is 0.548. The fourth-order valence-electron chi connectivity index (χ4n) is 0.762. The monoisotopic (exact) mass is 151 g/mol. The van der Waals surface area contributed by atoms with Crippen molar-refractivity contribution >= 4 is 6.21 Å². The zero-order chi connectivity index (χ0) is 8.85. The van der Waals surface area contributed by atoms with Crippen LogP contribution < -0.4 is 0 Å². The predicted octanol–water partition coefficient (Wildman–Crippen LogP) is 3.34. The molecular formula is C10H17N. The Labute approximate surface area is 69.5 Å². The van der Waals surface area contributed by atoms with Crippen molar-refractivity contribution in [3.63, 3.8) is 0 Å². The maximum Gasteiger partial charge on any atom is 0.0302 e. The van der Waals surface area contributed by atoms with Gasteiger partial charge in [-0.25, -0.2) is 0 Å². The summed E-state index contributed by atoms with van der Waals surface area (Å²) >= 11 is 0. The lowest BCUT2D eigenvalue weighted by Gasteiger charge is -1.98. The molecule has 62 valence electrons. The first kappa shape index (κ1) is 10.2. The van der Waals surface area contributed by atoms with E-state index in [0.717, 1.165) is 12.1 Å². The lowest BCUT2D eigenvalue weighted by atomic mass is 10.1. The minimum absolute atomic E-state index is 0.859. The van der Waals surface area contributed by atoms with Gasteiger partial charge in [-0.1, -0.05) is 19.1 Å². The van der Waals surface area contributed by atoms with Crippen LogP contribution in [0.4, 0.5) is 0 Å². The van der Waals surface area contributed by atoms with E-state index >= 15 is 0 Å². The summed E-state index contributed by atoms with van der Waals surface area (Å²) in [6.45, 7) is 11.9. The Hall–Kier alpha value is -0.850. The van der Waals surface area contributed by atoms with Crippen LogP contribution in [0.15, 0.2) is 28.4 Å². The summed E-state index contributed by atoms with van der Waals surface area (Å²) in [5.74, 6) is 0. The highest BCUT2D eigenvalue weighted by molar-refractivity contribution is 5.80. The summed E-state index contributed by atoms with van der Waals surface area (Å²) in [4.78, 5) is 4.14. The molecule has 0 unspecified atom stereocenters. The number of nitrogens with zero attached hydrogens (tertiary/aromatic N) is 1. The first-order valence-corrected chi connectivity index (χ1v) is 3.93. The molecule has 1 nitrogen and oxygen atoms in total. The van der Waals surface area contributed by atoms with Gasteiger partial charge in [0, 0.05) is 11.9 Å². The average Bonchev–Trinajstić information content (AvgIpc) is 1.87. The maximum absolute atomic E-state index is 4.14. The third kappa shape index (κ3) is 4.54. The molecule has 11 heavy (non-hydrogen) atoms. The van der Waals surface area contributed by atoms with E-state index in [1.807, 2.05) is 13.1 Å². The highest BCUT2D eigenvalue weighted by Crippen LogP contribution is 2.05. The Bertz CT molecular complexity index is 193. The van der Waals surface area contributed by atoms with Crippen LogP contribution in [-0.4, -0.2) is 6.21 Å². The van der Waals surface area contributed by atoms with E-state index in [-0.39, 0.29) is 0 Å². The molecular weight excluding hydrogens is 134 g/mol. The fourth-order valence-corrected chi connectivity index (χ4v) is 0.762. The van der Waals surface area contributed by atoms with E-state index in [0.29, 0.717) is 0 Å². The van der Waals surface area contributed by atoms with Crippen molar-refractivity contribution in [1.82, 2.24) is 0 Å². The molecule has 0 aliphatic heterocycles. The van der Waals surface area contributed by atoms with Crippen LogP contribution >= 0.6 is 0 Å². The largest absolute Gasteiger partial charge is 0.262 e. The highest BCUT2D eigenvalue weighted by Gasteiger charge is 1.90. The second-order valence-electron chi connectivity index (χ2n) is 2.87. The van der Waals surface area contributed by atoms with Gasteiger partial charge >= 0.3 is 0 Å². The molecule has 0 rings (SSSR count).